The topological polar surface area (TPSA) is 80.3 Å². The van der Waals surface area contributed by atoms with E-state index in [1.807, 2.05) is 12.1 Å². The Kier molecular flexibility index (Phi) is 5.87. The largest absolute Gasteiger partial charge is 0.482 e. The Labute approximate surface area is 181 Å². The smallest absolute Gasteiger partial charge is 0.344 e. The molecule has 0 fully saturated rings. The van der Waals surface area contributed by atoms with Crippen molar-refractivity contribution in [2.24, 2.45) is 0 Å². The average Bonchev–Trinajstić information content (AvgIpc) is 3.05. The lowest BCUT2D eigenvalue weighted by Crippen LogP contribution is -2.14. The Morgan fingerprint density at radius 3 is 2.97 bits per heavy atom. The number of hydrogen-bond donors (Lipinski definition) is 0. The van der Waals surface area contributed by atoms with Gasteiger partial charge in [-0.15, -0.1) is 0 Å². The second-order valence-corrected chi connectivity index (χ2v) is 7.37. The van der Waals surface area contributed by atoms with E-state index in [1.54, 1.807) is 24.3 Å². The van der Waals surface area contributed by atoms with Crippen LogP contribution in [0.1, 0.15) is 21.5 Å². The molecule has 0 atom stereocenters. The normalized spacial score (nSPS) is 15.6. The molecule has 0 aliphatic carbocycles. The fourth-order valence-corrected chi connectivity index (χ4v) is 3.57. The number of benzene rings is 2. The van der Waals surface area contributed by atoms with Crippen LogP contribution in [0, 0.1) is 0 Å². The Morgan fingerprint density at radius 1 is 1.27 bits per heavy atom. The van der Waals surface area contributed by atoms with Crippen molar-refractivity contribution in [2.45, 2.75) is 6.61 Å². The van der Waals surface area contributed by atoms with Gasteiger partial charge in [-0.25, -0.2) is 4.79 Å². The van der Waals surface area contributed by atoms with Crippen LogP contribution in [0.4, 0.5) is 0 Å². The lowest BCUT2D eigenvalue weighted by atomic mass is 10.1. The van der Waals surface area contributed by atoms with Gasteiger partial charge in [0.05, 0.1) is 12.2 Å². The molecule has 154 valence electrons. The van der Waals surface area contributed by atoms with Crippen LogP contribution in [-0.2, 0) is 20.9 Å². The molecule has 0 bridgehead atoms. The number of carbonyl (C=O) groups excluding carboxylic acids is 2. The summed E-state index contributed by atoms with van der Waals surface area (Å²) in [6.45, 7) is 3.91. The van der Waals surface area contributed by atoms with Gasteiger partial charge in [0.15, 0.2) is 19.2 Å². The van der Waals surface area contributed by atoms with Crippen LogP contribution in [0.15, 0.2) is 53.2 Å². The summed E-state index contributed by atoms with van der Waals surface area (Å²) in [4.78, 5) is 24.3. The highest BCUT2D eigenvalue weighted by molar-refractivity contribution is 9.10. The minimum atomic E-state index is -0.517. The molecule has 0 unspecified atom stereocenters. The highest BCUT2D eigenvalue weighted by atomic mass is 79.9. The van der Waals surface area contributed by atoms with Crippen molar-refractivity contribution >= 4 is 33.8 Å². The molecule has 8 heteroatoms. The van der Waals surface area contributed by atoms with Gasteiger partial charge in [0, 0.05) is 21.7 Å². The second-order valence-electron chi connectivity index (χ2n) is 6.45. The molecule has 0 N–H and O–H groups in total. The number of allylic oxidation sites excluding steroid dienone is 1. The van der Waals surface area contributed by atoms with Crippen molar-refractivity contribution in [3.63, 3.8) is 0 Å². The van der Waals surface area contributed by atoms with Gasteiger partial charge in [-0.2, -0.15) is 0 Å². The predicted molar refractivity (Wildman–Crippen MR) is 110 cm³/mol. The van der Waals surface area contributed by atoms with E-state index in [0.29, 0.717) is 35.0 Å². The average molecular weight is 473 g/mol. The van der Waals surface area contributed by atoms with E-state index in [9.17, 15) is 9.59 Å². The maximum atomic E-state index is 12.8. The number of esters is 1. The first-order valence-electron chi connectivity index (χ1n) is 9.05. The number of fused-ring (bicyclic) bond motifs is 2. The van der Waals surface area contributed by atoms with E-state index in [0.717, 1.165) is 10.0 Å². The van der Waals surface area contributed by atoms with Crippen LogP contribution >= 0.6 is 15.9 Å². The summed E-state index contributed by atoms with van der Waals surface area (Å²) in [5.74, 6) is 0.809. The maximum absolute atomic E-state index is 12.8. The zero-order valence-electron chi connectivity index (χ0n) is 15.8. The first-order chi connectivity index (χ1) is 14.5. The van der Waals surface area contributed by atoms with Crippen molar-refractivity contribution < 1.29 is 33.3 Å². The third-order valence-corrected chi connectivity index (χ3v) is 4.81. The molecule has 2 heterocycles. The van der Waals surface area contributed by atoms with Gasteiger partial charge in [0.2, 0.25) is 5.78 Å². The zero-order valence-corrected chi connectivity index (χ0v) is 17.4. The summed E-state index contributed by atoms with van der Waals surface area (Å²) in [5.41, 5.74) is 2.00. The Hall–Kier alpha value is -3.10. The molecule has 2 aliphatic heterocycles. The molecule has 2 aromatic carbocycles. The number of halogens is 1. The van der Waals surface area contributed by atoms with Gasteiger partial charge in [0.25, 0.3) is 0 Å². The summed E-state index contributed by atoms with van der Waals surface area (Å²) in [7, 11) is 0. The highest BCUT2D eigenvalue weighted by Crippen LogP contribution is 2.38. The summed E-state index contributed by atoms with van der Waals surface area (Å²) in [6, 6.07) is 8.52. The van der Waals surface area contributed by atoms with Crippen LogP contribution < -0.4 is 14.2 Å². The Morgan fingerprint density at radius 2 is 2.13 bits per heavy atom. The minimum absolute atomic E-state index is 0.118. The van der Waals surface area contributed by atoms with E-state index in [-0.39, 0.29) is 31.5 Å². The zero-order chi connectivity index (χ0) is 21.1. The maximum Gasteiger partial charge on any atom is 0.344 e. The van der Waals surface area contributed by atoms with Gasteiger partial charge < -0.3 is 23.7 Å². The van der Waals surface area contributed by atoms with Crippen molar-refractivity contribution in [2.75, 3.05) is 20.0 Å². The van der Waals surface area contributed by atoms with E-state index in [2.05, 4.69) is 22.5 Å². The third-order valence-electron chi connectivity index (χ3n) is 4.35. The third kappa shape index (κ3) is 4.24. The second kappa shape index (κ2) is 8.73. The van der Waals surface area contributed by atoms with Gasteiger partial charge in [-0.3, -0.25) is 4.79 Å². The lowest BCUT2D eigenvalue weighted by Gasteiger charge is -2.20. The number of hydrogen-bond acceptors (Lipinski definition) is 7. The van der Waals surface area contributed by atoms with Gasteiger partial charge >= 0.3 is 5.97 Å². The van der Waals surface area contributed by atoms with Crippen LogP contribution in [0.25, 0.3) is 6.08 Å². The van der Waals surface area contributed by atoms with E-state index in [1.165, 1.54) is 6.08 Å². The van der Waals surface area contributed by atoms with Crippen LogP contribution in [0.5, 0.6) is 17.2 Å². The number of carbonyl (C=O) groups is 2. The van der Waals surface area contributed by atoms with E-state index in [4.69, 9.17) is 23.7 Å². The molecule has 0 aromatic heterocycles. The monoisotopic (exact) mass is 472 g/mol. The predicted octanol–water partition coefficient (Wildman–Crippen LogP) is 4.04. The van der Waals surface area contributed by atoms with Crippen LogP contribution in [-0.4, -0.2) is 31.8 Å². The number of Topliss-reactive ketones (excluding diaryl/α,β-unsaturated/α-hetero) is 1. The molecule has 0 saturated heterocycles. The number of ketones is 1. The molecule has 2 aromatic rings. The Bertz CT molecular complexity index is 1060. The number of rotatable bonds is 6. The quantitative estimate of drug-likeness (QED) is 0.356. The van der Waals surface area contributed by atoms with Gasteiger partial charge in [0.1, 0.15) is 23.9 Å². The van der Waals surface area contributed by atoms with E-state index < -0.39 is 5.97 Å². The van der Waals surface area contributed by atoms with Gasteiger partial charge in [-0.05, 0) is 30.3 Å². The fourth-order valence-electron chi connectivity index (χ4n) is 3.05. The summed E-state index contributed by atoms with van der Waals surface area (Å²) in [6.07, 6.45) is 3.12. The lowest BCUT2D eigenvalue weighted by molar-refractivity contribution is -0.144. The molecule has 0 spiro atoms. The molecule has 2 aliphatic rings. The van der Waals surface area contributed by atoms with E-state index >= 15 is 0 Å². The van der Waals surface area contributed by atoms with Crippen LogP contribution in [0.2, 0.25) is 0 Å². The summed E-state index contributed by atoms with van der Waals surface area (Å²) in [5, 5.41) is 0. The van der Waals surface area contributed by atoms with Crippen LogP contribution in [0.3, 0.4) is 0 Å². The summed E-state index contributed by atoms with van der Waals surface area (Å²) >= 11 is 3.46. The van der Waals surface area contributed by atoms with Crippen molar-refractivity contribution in [1.29, 1.82) is 0 Å². The molecular weight excluding hydrogens is 456 g/mol. The fraction of sp³-hybridized carbons (Fsp3) is 0.182. The molecule has 30 heavy (non-hydrogen) atoms. The van der Waals surface area contributed by atoms with Crippen molar-refractivity contribution in [3.8, 4) is 17.2 Å². The SMILES string of the molecule is C=CCOC(=O)COc1ccc2c(c1)O/C(=C\c1cc(Br)cc3c1OCOC3)C2=O. The molecular formula is C22H17BrO7. The number of ether oxygens (including phenoxy) is 5. The molecule has 4 rings (SSSR count). The van der Waals surface area contributed by atoms with Crippen molar-refractivity contribution in [1.82, 2.24) is 0 Å². The highest BCUT2D eigenvalue weighted by Gasteiger charge is 2.29. The Balaban J connectivity index is 1.53. The standard InChI is InChI=1S/C22H17BrO7/c1-2-5-27-20(24)11-28-16-3-4-17-18(9-16)30-19(21(17)25)8-13-6-15(23)7-14-10-26-12-29-22(13)14/h2-4,6-9H,1,5,10-12H2/b19-8-. The molecule has 0 radical (unpaired) electrons. The van der Waals surface area contributed by atoms with Gasteiger partial charge in [-0.1, -0.05) is 28.6 Å². The molecule has 0 saturated carbocycles. The van der Waals surface area contributed by atoms with Crippen molar-refractivity contribution in [3.05, 3.63) is 69.9 Å². The summed E-state index contributed by atoms with van der Waals surface area (Å²) < 4.78 is 27.8. The minimum Gasteiger partial charge on any atom is -0.482 e. The first kappa shape index (κ1) is 20.2. The molecule has 0 amide bonds. The molecule has 7 nitrogen and oxygen atoms in total. The first-order valence-corrected chi connectivity index (χ1v) is 9.85.